The number of nitrogens with one attached hydrogen (secondary N) is 1. The molecule has 32 heavy (non-hydrogen) atoms. The van der Waals surface area contributed by atoms with E-state index in [-0.39, 0.29) is 12.4 Å². The second-order valence-electron chi connectivity index (χ2n) is 7.23. The molecule has 1 heterocycles. The maximum Gasteiger partial charge on any atom is 0.331 e. The Morgan fingerprint density at radius 1 is 1.16 bits per heavy atom. The Labute approximate surface area is 190 Å². The number of carbonyl (C=O) groups excluding carboxylic acids is 2. The third-order valence-electron chi connectivity index (χ3n) is 4.74. The fraction of sp³-hybridized carbons (Fsp3) is 0.208. The predicted molar refractivity (Wildman–Crippen MR) is 120 cm³/mol. The van der Waals surface area contributed by atoms with Crippen molar-refractivity contribution in [2.45, 2.75) is 26.9 Å². The Morgan fingerprint density at radius 3 is 2.62 bits per heavy atom. The molecule has 0 saturated carbocycles. The molecule has 1 aromatic heterocycles. The highest BCUT2D eigenvalue weighted by atomic mass is 35.5. The molecular weight excluding hydrogens is 433 g/mol. The van der Waals surface area contributed by atoms with Gasteiger partial charge in [0.2, 0.25) is 0 Å². The predicted octanol–water partition coefficient (Wildman–Crippen LogP) is 4.21. The molecule has 1 N–H and O–H groups in total. The van der Waals surface area contributed by atoms with Crippen LogP contribution in [0.25, 0.3) is 6.08 Å². The first-order valence-electron chi connectivity index (χ1n) is 9.97. The molecule has 0 spiro atoms. The fourth-order valence-corrected chi connectivity index (χ4v) is 3.25. The lowest BCUT2D eigenvalue weighted by Gasteiger charge is -2.06. The van der Waals surface area contributed by atoms with Crippen molar-refractivity contribution in [3.8, 4) is 0 Å². The normalized spacial score (nSPS) is 11.0. The van der Waals surface area contributed by atoms with Crippen LogP contribution in [-0.4, -0.2) is 28.3 Å². The first kappa shape index (κ1) is 23.2. The SMILES string of the molecule is Cc1ccc(CNC(=O)COC(=O)/C=C/c2c(C)nn(Cc3ccccc3)c2Cl)cc1F. The lowest BCUT2D eigenvalue weighted by Crippen LogP contribution is -2.28. The number of halogens is 2. The maximum absolute atomic E-state index is 13.5. The van der Waals surface area contributed by atoms with Gasteiger partial charge in [-0.15, -0.1) is 0 Å². The van der Waals surface area contributed by atoms with Crippen LogP contribution < -0.4 is 5.32 Å². The van der Waals surface area contributed by atoms with Gasteiger partial charge in [-0.3, -0.25) is 4.79 Å². The van der Waals surface area contributed by atoms with Gasteiger partial charge in [-0.25, -0.2) is 13.9 Å². The Morgan fingerprint density at radius 2 is 1.91 bits per heavy atom. The van der Waals surface area contributed by atoms with E-state index in [2.05, 4.69) is 10.4 Å². The van der Waals surface area contributed by atoms with Gasteiger partial charge in [-0.05, 0) is 42.7 Å². The fourth-order valence-electron chi connectivity index (χ4n) is 2.95. The van der Waals surface area contributed by atoms with Crippen LogP contribution in [0, 0.1) is 19.7 Å². The van der Waals surface area contributed by atoms with Crippen molar-refractivity contribution in [1.29, 1.82) is 0 Å². The van der Waals surface area contributed by atoms with Gasteiger partial charge in [0.05, 0.1) is 12.2 Å². The molecule has 1 amide bonds. The number of benzene rings is 2. The Kier molecular flexibility index (Phi) is 7.78. The van der Waals surface area contributed by atoms with Crippen LogP contribution in [0.2, 0.25) is 5.15 Å². The smallest absolute Gasteiger partial charge is 0.331 e. The molecule has 3 aromatic rings. The molecule has 0 aliphatic heterocycles. The third kappa shape index (κ3) is 6.28. The van der Waals surface area contributed by atoms with E-state index in [1.807, 2.05) is 30.3 Å². The number of nitrogens with zero attached hydrogens (tertiary/aromatic N) is 2. The maximum atomic E-state index is 13.5. The molecule has 0 fully saturated rings. The van der Waals surface area contributed by atoms with E-state index in [4.69, 9.17) is 16.3 Å². The molecule has 0 saturated heterocycles. The van der Waals surface area contributed by atoms with E-state index in [1.54, 1.807) is 30.7 Å². The summed E-state index contributed by atoms with van der Waals surface area (Å²) in [6, 6.07) is 14.5. The molecule has 2 aromatic carbocycles. The van der Waals surface area contributed by atoms with E-state index < -0.39 is 18.5 Å². The van der Waals surface area contributed by atoms with Gasteiger partial charge in [0.1, 0.15) is 11.0 Å². The lowest BCUT2D eigenvalue weighted by atomic mass is 10.1. The second kappa shape index (κ2) is 10.7. The van der Waals surface area contributed by atoms with Crippen LogP contribution in [0.15, 0.2) is 54.6 Å². The topological polar surface area (TPSA) is 73.2 Å². The summed E-state index contributed by atoms with van der Waals surface area (Å²) in [7, 11) is 0. The Bertz CT molecular complexity index is 1140. The van der Waals surface area contributed by atoms with Gasteiger partial charge in [-0.2, -0.15) is 5.10 Å². The van der Waals surface area contributed by atoms with Gasteiger partial charge >= 0.3 is 5.97 Å². The number of hydrogen-bond acceptors (Lipinski definition) is 4. The molecule has 0 radical (unpaired) electrons. The molecule has 0 bridgehead atoms. The molecule has 6 nitrogen and oxygen atoms in total. The monoisotopic (exact) mass is 455 g/mol. The van der Waals surface area contributed by atoms with Crippen molar-refractivity contribution in [3.63, 3.8) is 0 Å². The summed E-state index contributed by atoms with van der Waals surface area (Å²) in [5.74, 6) is -1.51. The largest absolute Gasteiger partial charge is 0.452 e. The van der Waals surface area contributed by atoms with Gasteiger partial charge in [0.15, 0.2) is 6.61 Å². The van der Waals surface area contributed by atoms with Crippen molar-refractivity contribution in [3.05, 3.63) is 93.5 Å². The van der Waals surface area contributed by atoms with E-state index in [1.165, 1.54) is 18.2 Å². The molecule has 3 rings (SSSR count). The number of carbonyl (C=O) groups is 2. The molecular formula is C24H23ClFN3O3. The van der Waals surface area contributed by atoms with Crippen molar-refractivity contribution < 1.29 is 18.7 Å². The summed E-state index contributed by atoms with van der Waals surface area (Å²) in [5.41, 5.74) is 3.46. The standard InChI is InChI=1S/C24H23ClFN3O3/c1-16-8-9-19(12-21(16)26)13-27-22(30)15-32-23(31)11-10-20-17(2)28-29(24(20)25)14-18-6-4-3-5-7-18/h3-12H,13-15H2,1-2H3,(H,27,30)/b11-10+. The molecule has 0 unspecified atom stereocenters. The number of ether oxygens (including phenoxy) is 1. The quantitative estimate of drug-likeness (QED) is 0.408. The summed E-state index contributed by atoms with van der Waals surface area (Å²) in [6.07, 6.45) is 2.72. The number of hydrogen-bond donors (Lipinski definition) is 1. The summed E-state index contributed by atoms with van der Waals surface area (Å²) >= 11 is 6.42. The minimum Gasteiger partial charge on any atom is -0.452 e. The van der Waals surface area contributed by atoms with Crippen LogP contribution in [0.4, 0.5) is 4.39 Å². The van der Waals surface area contributed by atoms with E-state index >= 15 is 0 Å². The molecule has 0 aliphatic carbocycles. The van der Waals surface area contributed by atoms with Gasteiger partial charge in [-0.1, -0.05) is 54.1 Å². The van der Waals surface area contributed by atoms with Crippen molar-refractivity contribution in [2.75, 3.05) is 6.61 Å². The zero-order valence-electron chi connectivity index (χ0n) is 17.8. The Balaban J connectivity index is 1.50. The first-order valence-corrected chi connectivity index (χ1v) is 10.3. The third-order valence-corrected chi connectivity index (χ3v) is 5.14. The summed E-state index contributed by atoms with van der Waals surface area (Å²) in [5, 5.41) is 7.39. The van der Waals surface area contributed by atoms with Crippen molar-refractivity contribution >= 4 is 29.6 Å². The Hall–Kier alpha value is -3.45. The zero-order valence-corrected chi connectivity index (χ0v) is 18.5. The lowest BCUT2D eigenvalue weighted by molar-refractivity contribution is -0.143. The minimum atomic E-state index is -0.687. The number of aromatic nitrogens is 2. The minimum absolute atomic E-state index is 0.138. The van der Waals surface area contributed by atoms with Crippen molar-refractivity contribution in [2.24, 2.45) is 0 Å². The van der Waals surface area contributed by atoms with E-state index in [9.17, 15) is 14.0 Å². The average molecular weight is 456 g/mol. The van der Waals surface area contributed by atoms with Gasteiger partial charge < -0.3 is 10.1 Å². The molecule has 0 atom stereocenters. The van der Waals surface area contributed by atoms with Crippen LogP contribution in [0.3, 0.4) is 0 Å². The first-order chi connectivity index (χ1) is 15.3. The number of amides is 1. The van der Waals surface area contributed by atoms with Crippen LogP contribution in [0.1, 0.15) is 27.9 Å². The van der Waals surface area contributed by atoms with Crippen molar-refractivity contribution in [1.82, 2.24) is 15.1 Å². The van der Waals surface area contributed by atoms with Crippen LogP contribution >= 0.6 is 11.6 Å². The number of aryl methyl sites for hydroxylation is 2. The average Bonchev–Trinajstić information content (AvgIpc) is 3.04. The number of esters is 1. The van der Waals surface area contributed by atoms with E-state index in [0.29, 0.717) is 34.1 Å². The molecule has 8 heteroatoms. The van der Waals surface area contributed by atoms with Crippen LogP contribution in [-0.2, 0) is 27.4 Å². The molecule has 166 valence electrons. The van der Waals surface area contributed by atoms with E-state index in [0.717, 1.165) is 5.56 Å². The summed E-state index contributed by atoms with van der Waals surface area (Å²) in [6.45, 7) is 3.65. The highest BCUT2D eigenvalue weighted by molar-refractivity contribution is 6.31. The summed E-state index contributed by atoms with van der Waals surface area (Å²) < 4.78 is 20.2. The highest BCUT2D eigenvalue weighted by Crippen LogP contribution is 2.22. The summed E-state index contributed by atoms with van der Waals surface area (Å²) in [4.78, 5) is 23.9. The van der Waals surface area contributed by atoms with Gasteiger partial charge in [0.25, 0.3) is 5.91 Å². The second-order valence-corrected chi connectivity index (χ2v) is 7.59. The zero-order chi connectivity index (χ0) is 23.1. The van der Waals surface area contributed by atoms with Crippen LogP contribution in [0.5, 0.6) is 0 Å². The number of rotatable bonds is 8. The molecule has 0 aliphatic rings. The van der Waals surface area contributed by atoms with Gasteiger partial charge in [0, 0.05) is 18.2 Å². The highest BCUT2D eigenvalue weighted by Gasteiger charge is 2.12.